The summed E-state index contributed by atoms with van der Waals surface area (Å²) >= 11 is 4.51. The molecular formula is C55H55I2N5O13. The van der Waals surface area contributed by atoms with Gasteiger partial charge in [-0.2, -0.15) is 0 Å². The van der Waals surface area contributed by atoms with E-state index in [1.54, 1.807) is 50.6 Å². The van der Waals surface area contributed by atoms with Crippen LogP contribution in [0.25, 0.3) is 0 Å². The number of aliphatic hydroxyl groups excluding tert-OH is 1. The molecule has 6 amide bonds. The van der Waals surface area contributed by atoms with Crippen molar-refractivity contribution in [3.05, 3.63) is 161 Å². The molecule has 1 saturated heterocycles. The fourth-order valence-corrected chi connectivity index (χ4v) is 8.92. The van der Waals surface area contributed by atoms with Crippen LogP contribution in [0.4, 0.5) is 9.59 Å². The van der Waals surface area contributed by atoms with Crippen LogP contribution in [0, 0.1) is 31.3 Å². The highest BCUT2D eigenvalue weighted by Crippen LogP contribution is 2.30. The van der Waals surface area contributed by atoms with Gasteiger partial charge in [-0.25, -0.2) is 14.4 Å². The number of urea groups is 1. The normalized spacial score (nSPS) is 15.4. The SMILES string of the molecule is C#C[C@](CN1Cc2ccc(OC)cc2C1=O)(NC(=O)OC)C(=O)OC.COCc1cccc(C#C[C@]2(CN3Cc4ccc(OC)cc4C3=O)NC(=O)NC2=O)c1.COCc1cccc(I)c1.OCc1cccc(I)c1. The summed E-state index contributed by atoms with van der Waals surface area (Å²) in [6.45, 7) is 1.48. The van der Waals surface area contributed by atoms with Crippen LogP contribution in [-0.4, -0.2) is 118 Å². The van der Waals surface area contributed by atoms with Crippen LogP contribution < -0.4 is 25.4 Å². The molecular weight excluding hydrogens is 1190 g/mol. The van der Waals surface area contributed by atoms with Gasteiger partial charge in [0, 0.05) is 51.1 Å². The number of imide groups is 1. The largest absolute Gasteiger partial charge is 0.497 e. The van der Waals surface area contributed by atoms with Crippen molar-refractivity contribution in [3.8, 4) is 35.7 Å². The number of fused-ring (bicyclic) bond motifs is 2. The maximum Gasteiger partial charge on any atom is 0.408 e. The summed E-state index contributed by atoms with van der Waals surface area (Å²) in [4.78, 5) is 76.8. The van der Waals surface area contributed by atoms with Crippen LogP contribution >= 0.6 is 45.2 Å². The van der Waals surface area contributed by atoms with Gasteiger partial charge in [0.25, 0.3) is 17.7 Å². The third kappa shape index (κ3) is 15.7. The number of benzene rings is 5. The minimum Gasteiger partial charge on any atom is -0.497 e. The second-order valence-corrected chi connectivity index (χ2v) is 19.1. The molecule has 1 fully saturated rings. The van der Waals surface area contributed by atoms with Crippen LogP contribution in [-0.2, 0) is 61.4 Å². The Morgan fingerprint density at radius 1 is 0.720 bits per heavy atom. The van der Waals surface area contributed by atoms with Crippen molar-refractivity contribution < 1.29 is 62.3 Å². The van der Waals surface area contributed by atoms with E-state index in [1.165, 1.54) is 36.7 Å². The zero-order valence-electron chi connectivity index (χ0n) is 41.9. The highest BCUT2D eigenvalue weighted by atomic mass is 127. The zero-order valence-corrected chi connectivity index (χ0v) is 46.2. The maximum atomic E-state index is 12.9. The summed E-state index contributed by atoms with van der Waals surface area (Å²) in [5, 5.41) is 15.8. The van der Waals surface area contributed by atoms with Crippen molar-refractivity contribution in [3.63, 3.8) is 0 Å². The molecule has 0 radical (unpaired) electrons. The molecule has 75 heavy (non-hydrogen) atoms. The summed E-state index contributed by atoms with van der Waals surface area (Å²) in [5.74, 6) is 7.18. The van der Waals surface area contributed by atoms with Crippen molar-refractivity contribution >= 4 is 81.0 Å². The first kappa shape index (κ1) is 58.7. The van der Waals surface area contributed by atoms with Gasteiger partial charge in [-0.05, 0) is 134 Å². The highest BCUT2D eigenvalue weighted by Gasteiger charge is 2.49. The summed E-state index contributed by atoms with van der Waals surface area (Å²) in [6.07, 6.45) is 4.57. The molecule has 20 heteroatoms. The molecule has 0 aromatic heterocycles. The summed E-state index contributed by atoms with van der Waals surface area (Å²) < 4.78 is 32.1. The van der Waals surface area contributed by atoms with Crippen molar-refractivity contribution in [1.29, 1.82) is 0 Å². The van der Waals surface area contributed by atoms with Gasteiger partial charge < -0.3 is 48.6 Å². The summed E-state index contributed by atoms with van der Waals surface area (Å²) in [5.41, 5.74) is 2.96. The number of nitrogens with one attached hydrogen (secondary N) is 3. The van der Waals surface area contributed by atoms with Gasteiger partial charge in [0.2, 0.25) is 11.1 Å². The highest BCUT2D eigenvalue weighted by molar-refractivity contribution is 14.1. The van der Waals surface area contributed by atoms with Gasteiger partial charge >= 0.3 is 18.1 Å². The lowest BCUT2D eigenvalue weighted by Gasteiger charge is -2.30. The van der Waals surface area contributed by atoms with Crippen LogP contribution in [0.5, 0.6) is 11.5 Å². The second-order valence-electron chi connectivity index (χ2n) is 16.6. The average molecular weight is 1250 g/mol. The minimum absolute atomic E-state index is 0.0782. The molecule has 0 bridgehead atoms. The Morgan fingerprint density at radius 2 is 1.25 bits per heavy atom. The number of amides is 6. The quantitative estimate of drug-likeness (QED) is 0.0447. The second kappa shape index (κ2) is 27.9. The Morgan fingerprint density at radius 3 is 1.73 bits per heavy atom. The predicted molar refractivity (Wildman–Crippen MR) is 293 cm³/mol. The van der Waals surface area contributed by atoms with Crippen molar-refractivity contribution in [2.24, 2.45) is 0 Å². The molecule has 18 nitrogen and oxygen atoms in total. The fraction of sp³-hybridized carbons (Fsp3) is 0.273. The lowest BCUT2D eigenvalue weighted by Crippen LogP contribution is -2.60. The average Bonchev–Trinajstić information content (AvgIpc) is 4.01. The van der Waals surface area contributed by atoms with Gasteiger partial charge in [-0.15, -0.1) is 6.42 Å². The van der Waals surface area contributed by atoms with Gasteiger partial charge in [0.1, 0.15) is 11.5 Å². The number of alkyl carbamates (subject to hydrolysis) is 1. The third-order valence-corrected chi connectivity index (χ3v) is 12.7. The molecule has 3 aliphatic heterocycles. The Bertz CT molecular complexity index is 3010. The van der Waals surface area contributed by atoms with E-state index in [4.69, 9.17) is 35.2 Å². The van der Waals surface area contributed by atoms with Gasteiger partial charge in [-0.3, -0.25) is 25.0 Å². The van der Waals surface area contributed by atoms with Crippen LogP contribution in [0.3, 0.4) is 0 Å². The number of hydrogen-bond donors (Lipinski definition) is 4. The summed E-state index contributed by atoms with van der Waals surface area (Å²) in [6, 6.07) is 33.2. The molecule has 0 spiro atoms. The molecule has 0 aliphatic carbocycles. The number of ether oxygens (including phenoxy) is 6. The smallest absolute Gasteiger partial charge is 0.408 e. The fourth-order valence-electron chi connectivity index (χ4n) is 7.70. The number of carbonyl (C=O) groups excluding carboxylic acids is 6. The topological polar surface area (TPSA) is 221 Å². The molecule has 5 aromatic rings. The molecule has 5 aromatic carbocycles. The van der Waals surface area contributed by atoms with Crippen molar-refractivity contribution in [2.75, 3.05) is 55.7 Å². The van der Waals surface area contributed by atoms with Crippen molar-refractivity contribution in [1.82, 2.24) is 25.8 Å². The van der Waals surface area contributed by atoms with E-state index >= 15 is 0 Å². The molecule has 0 saturated carbocycles. The van der Waals surface area contributed by atoms with E-state index in [9.17, 15) is 28.8 Å². The van der Waals surface area contributed by atoms with Gasteiger partial charge in [0.05, 0.1) is 61.3 Å². The van der Waals surface area contributed by atoms with E-state index < -0.39 is 35.1 Å². The number of esters is 1. The van der Waals surface area contributed by atoms with E-state index in [0.29, 0.717) is 47.9 Å². The number of aliphatic hydroxyl groups is 1. The monoisotopic (exact) mass is 1250 g/mol. The Balaban J connectivity index is 0.000000208. The van der Waals surface area contributed by atoms with Crippen LogP contribution in [0.2, 0.25) is 0 Å². The standard InChI is InChI=1S/C23H21N3O5.C17H18N2O6.C8H9IO.C7H7IO/c1-30-13-16-5-3-4-15(10-16)8-9-23(21(28)24-22(29)25-23)14-26-12-17-6-7-18(31-2)11-19(17)20(26)27;1-5-17(15(21)24-3,18-16(22)25-4)10-19-9-11-6-7-12(23-2)8-13(11)14(19)20;1-10-6-7-3-2-4-8(9)5-7;8-7-3-1-2-6(4-7)5-9/h3-7,10-11H,12-14H2,1-2H3,(H2,24,25,28,29);1,6-8H,9-10H2,2-4H3,(H,18,22);2-5H,6H2,1H3;1-4,9H,5H2/t23-;17-;;/m11../s1. The van der Waals surface area contributed by atoms with Gasteiger partial charge in [-0.1, -0.05) is 66.3 Å². The number of terminal acetylenes is 1. The predicted octanol–water partition coefficient (Wildman–Crippen LogP) is 6.20. The molecule has 4 N–H and O–H groups in total. The van der Waals surface area contributed by atoms with Gasteiger partial charge in [0.15, 0.2) is 0 Å². The number of hydrogen-bond acceptors (Lipinski definition) is 13. The number of carbonyl (C=O) groups is 6. The lowest BCUT2D eigenvalue weighted by atomic mass is 9.99. The number of methoxy groups -OCH3 is 6. The Kier molecular flexibility index (Phi) is 21.8. The molecule has 3 heterocycles. The molecule has 392 valence electrons. The number of nitrogens with zero attached hydrogens (tertiary/aromatic N) is 2. The molecule has 3 aliphatic rings. The maximum absolute atomic E-state index is 12.9. The van der Waals surface area contributed by atoms with Crippen LogP contribution in [0.1, 0.15) is 54.1 Å². The van der Waals surface area contributed by atoms with Crippen LogP contribution in [0.15, 0.2) is 109 Å². The molecule has 8 rings (SSSR count). The van der Waals surface area contributed by atoms with E-state index in [-0.39, 0.29) is 38.1 Å². The number of rotatable bonds is 13. The Labute approximate surface area is 462 Å². The zero-order chi connectivity index (χ0) is 54.7. The first-order valence-corrected chi connectivity index (χ1v) is 24.8. The Hall–Kier alpha value is -7.22. The first-order chi connectivity index (χ1) is 36.0. The third-order valence-electron chi connectivity index (χ3n) is 11.4. The van der Waals surface area contributed by atoms with Crippen molar-refractivity contribution in [2.45, 2.75) is 44.0 Å². The minimum atomic E-state index is -1.86. The van der Waals surface area contributed by atoms with E-state index in [0.717, 1.165) is 36.5 Å². The lowest BCUT2D eigenvalue weighted by molar-refractivity contribution is -0.146. The summed E-state index contributed by atoms with van der Waals surface area (Å²) in [7, 11) is 8.62. The number of halogens is 2. The van der Waals surface area contributed by atoms with E-state index in [2.05, 4.69) is 102 Å². The molecule has 0 unspecified atom stereocenters. The first-order valence-electron chi connectivity index (χ1n) is 22.7. The molecule has 2 atom stereocenters. The van der Waals surface area contributed by atoms with E-state index in [1.807, 2.05) is 54.6 Å².